The molecule has 3 rings (SSSR count). The van der Waals surface area contributed by atoms with Crippen LogP contribution < -0.4 is 10.5 Å². The van der Waals surface area contributed by atoms with Gasteiger partial charge in [-0.15, -0.1) is 0 Å². The summed E-state index contributed by atoms with van der Waals surface area (Å²) in [6, 6.07) is 8.06. The summed E-state index contributed by atoms with van der Waals surface area (Å²) in [7, 11) is 0. The smallest absolute Gasteiger partial charge is 0.127 e. The Morgan fingerprint density at radius 1 is 1.26 bits per heavy atom. The summed E-state index contributed by atoms with van der Waals surface area (Å²) in [5.74, 6) is 0.927. The summed E-state index contributed by atoms with van der Waals surface area (Å²) in [5, 5.41) is 8.93. The minimum absolute atomic E-state index is 0.446. The van der Waals surface area contributed by atoms with Gasteiger partial charge in [-0.2, -0.15) is 5.26 Å². The number of benzene rings is 1. The van der Waals surface area contributed by atoms with Gasteiger partial charge in [0.15, 0.2) is 0 Å². The largest absolute Gasteiger partial charge is 0.493 e. The van der Waals surface area contributed by atoms with Gasteiger partial charge in [0.2, 0.25) is 0 Å². The van der Waals surface area contributed by atoms with Crippen LogP contribution in [0.4, 0.5) is 0 Å². The molecule has 1 aliphatic heterocycles. The molecule has 0 amide bonds. The van der Waals surface area contributed by atoms with Gasteiger partial charge in [-0.05, 0) is 29.3 Å². The first-order valence-electron chi connectivity index (χ1n) is 6.16. The number of nitrogens with two attached hydrogens (primary N) is 1. The number of pyridine rings is 1. The van der Waals surface area contributed by atoms with Gasteiger partial charge >= 0.3 is 0 Å². The summed E-state index contributed by atoms with van der Waals surface area (Å²) >= 11 is 0. The normalized spacial score (nSPS) is 12.6. The fourth-order valence-electron chi connectivity index (χ4n) is 2.37. The zero-order chi connectivity index (χ0) is 13.2. The molecule has 1 aromatic carbocycles. The molecular formula is C15H13N3O. The van der Waals surface area contributed by atoms with E-state index in [0.29, 0.717) is 18.7 Å². The molecule has 19 heavy (non-hydrogen) atoms. The van der Waals surface area contributed by atoms with Crippen LogP contribution in [0.5, 0.6) is 5.75 Å². The zero-order valence-corrected chi connectivity index (χ0v) is 10.4. The van der Waals surface area contributed by atoms with Crippen LogP contribution in [0, 0.1) is 11.3 Å². The molecule has 0 aliphatic carbocycles. The summed E-state index contributed by atoms with van der Waals surface area (Å²) in [6.45, 7) is 1.16. The van der Waals surface area contributed by atoms with E-state index in [2.05, 4.69) is 17.1 Å². The van der Waals surface area contributed by atoms with Crippen LogP contribution in [0.25, 0.3) is 11.1 Å². The van der Waals surface area contributed by atoms with E-state index in [4.69, 9.17) is 15.7 Å². The SMILES string of the molecule is N#Cc1cncc(-c2cc(CN)c3c(c2)CCO3)c1. The molecule has 2 aromatic rings. The lowest BCUT2D eigenvalue weighted by Crippen LogP contribution is -2.00. The number of hydrogen-bond acceptors (Lipinski definition) is 4. The van der Waals surface area contributed by atoms with Crippen molar-refractivity contribution in [3.8, 4) is 22.9 Å². The van der Waals surface area contributed by atoms with E-state index in [1.54, 1.807) is 12.4 Å². The molecule has 2 heterocycles. The lowest BCUT2D eigenvalue weighted by Gasteiger charge is -2.09. The summed E-state index contributed by atoms with van der Waals surface area (Å²) in [6.07, 6.45) is 4.23. The summed E-state index contributed by atoms with van der Waals surface area (Å²) in [4.78, 5) is 4.10. The van der Waals surface area contributed by atoms with Gasteiger partial charge in [-0.1, -0.05) is 0 Å². The minimum Gasteiger partial charge on any atom is -0.493 e. The molecule has 0 fully saturated rings. The lowest BCUT2D eigenvalue weighted by atomic mass is 9.98. The van der Waals surface area contributed by atoms with E-state index in [1.807, 2.05) is 12.1 Å². The second kappa shape index (κ2) is 4.71. The molecule has 0 spiro atoms. The maximum Gasteiger partial charge on any atom is 0.127 e. The zero-order valence-electron chi connectivity index (χ0n) is 10.4. The molecule has 0 radical (unpaired) electrons. The third kappa shape index (κ3) is 2.05. The molecule has 4 nitrogen and oxygen atoms in total. The van der Waals surface area contributed by atoms with E-state index in [1.165, 1.54) is 5.56 Å². The average Bonchev–Trinajstić information content (AvgIpc) is 2.94. The monoisotopic (exact) mass is 251 g/mol. The molecule has 0 bridgehead atoms. The predicted octanol–water partition coefficient (Wildman–Crippen LogP) is 2.01. The van der Waals surface area contributed by atoms with E-state index in [9.17, 15) is 0 Å². The Morgan fingerprint density at radius 3 is 2.95 bits per heavy atom. The van der Waals surface area contributed by atoms with Crippen LogP contribution in [0.2, 0.25) is 0 Å². The molecule has 4 heteroatoms. The van der Waals surface area contributed by atoms with Gasteiger partial charge in [0.1, 0.15) is 11.8 Å². The molecule has 94 valence electrons. The first-order valence-corrected chi connectivity index (χ1v) is 6.16. The number of hydrogen-bond donors (Lipinski definition) is 1. The molecular weight excluding hydrogens is 238 g/mol. The Labute approximate surface area is 111 Å². The highest BCUT2D eigenvalue weighted by molar-refractivity contribution is 5.68. The minimum atomic E-state index is 0.446. The Morgan fingerprint density at radius 2 is 2.16 bits per heavy atom. The van der Waals surface area contributed by atoms with E-state index in [0.717, 1.165) is 28.9 Å². The number of nitriles is 1. The van der Waals surface area contributed by atoms with Gasteiger partial charge in [-0.25, -0.2) is 0 Å². The third-order valence-corrected chi connectivity index (χ3v) is 3.28. The Balaban J connectivity index is 2.13. The quantitative estimate of drug-likeness (QED) is 0.886. The average molecular weight is 251 g/mol. The van der Waals surface area contributed by atoms with Crippen LogP contribution in [-0.4, -0.2) is 11.6 Å². The second-order valence-electron chi connectivity index (χ2n) is 4.50. The molecule has 0 saturated heterocycles. The number of fused-ring (bicyclic) bond motifs is 1. The fraction of sp³-hybridized carbons (Fsp3) is 0.200. The Bertz CT molecular complexity index is 674. The van der Waals surface area contributed by atoms with Crippen molar-refractivity contribution < 1.29 is 4.74 Å². The summed E-state index contributed by atoms with van der Waals surface area (Å²) < 4.78 is 5.61. The van der Waals surface area contributed by atoms with Crippen molar-refractivity contribution in [1.82, 2.24) is 4.98 Å². The molecule has 0 saturated carbocycles. The van der Waals surface area contributed by atoms with E-state index >= 15 is 0 Å². The van der Waals surface area contributed by atoms with E-state index < -0.39 is 0 Å². The van der Waals surface area contributed by atoms with E-state index in [-0.39, 0.29) is 0 Å². The highest BCUT2D eigenvalue weighted by Crippen LogP contribution is 2.34. The van der Waals surface area contributed by atoms with Crippen molar-refractivity contribution in [1.29, 1.82) is 5.26 Å². The van der Waals surface area contributed by atoms with Gasteiger partial charge in [0.25, 0.3) is 0 Å². The maximum atomic E-state index is 8.93. The predicted molar refractivity (Wildman–Crippen MR) is 71.5 cm³/mol. The first kappa shape index (κ1) is 11.7. The number of rotatable bonds is 2. The van der Waals surface area contributed by atoms with Gasteiger partial charge in [0, 0.05) is 36.5 Å². The van der Waals surface area contributed by atoms with Gasteiger partial charge in [-0.3, -0.25) is 4.98 Å². The first-order chi connectivity index (χ1) is 9.31. The van der Waals surface area contributed by atoms with Crippen molar-refractivity contribution in [2.24, 2.45) is 5.73 Å². The second-order valence-corrected chi connectivity index (χ2v) is 4.50. The Hall–Kier alpha value is -2.38. The molecule has 0 unspecified atom stereocenters. The fourth-order valence-corrected chi connectivity index (χ4v) is 2.37. The number of ether oxygens (including phenoxy) is 1. The highest BCUT2D eigenvalue weighted by Gasteiger charge is 2.17. The number of nitrogens with zero attached hydrogens (tertiary/aromatic N) is 2. The number of aromatic nitrogens is 1. The van der Waals surface area contributed by atoms with Crippen molar-refractivity contribution in [2.45, 2.75) is 13.0 Å². The molecule has 1 aromatic heterocycles. The van der Waals surface area contributed by atoms with Crippen molar-refractivity contribution >= 4 is 0 Å². The van der Waals surface area contributed by atoms with Crippen molar-refractivity contribution in [3.05, 3.63) is 47.3 Å². The Kier molecular flexibility index (Phi) is 2.90. The maximum absolute atomic E-state index is 8.93. The highest BCUT2D eigenvalue weighted by atomic mass is 16.5. The summed E-state index contributed by atoms with van der Waals surface area (Å²) in [5.41, 5.74) is 10.5. The van der Waals surface area contributed by atoms with Crippen molar-refractivity contribution in [2.75, 3.05) is 6.61 Å². The van der Waals surface area contributed by atoms with Crippen LogP contribution in [0.15, 0.2) is 30.6 Å². The molecule has 1 aliphatic rings. The molecule has 2 N–H and O–H groups in total. The third-order valence-electron chi connectivity index (χ3n) is 3.28. The standard InChI is InChI=1S/C15H13N3O/c16-6-10-3-14(9-18-8-10)12-4-11-1-2-19-15(11)13(5-12)7-17/h3-5,8-9H,1-2,7,17H2. The van der Waals surface area contributed by atoms with Crippen LogP contribution in [0.1, 0.15) is 16.7 Å². The lowest BCUT2D eigenvalue weighted by molar-refractivity contribution is 0.353. The topological polar surface area (TPSA) is 71.9 Å². The van der Waals surface area contributed by atoms with Crippen LogP contribution in [0.3, 0.4) is 0 Å². The van der Waals surface area contributed by atoms with Crippen LogP contribution in [-0.2, 0) is 13.0 Å². The van der Waals surface area contributed by atoms with Crippen molar-refractivity contribution in [3.63, 3.8) is 0 Å². The van der Waals surface area contributed by atoms with Crippen LogP contribution >= 0.6 is 0 Å². The molecule has 0 atom stereocenters. The van der Waals surface area contributed by atoms with Gasteiger partial charge < -0.3 is 10.5 Å². The van der Waals surface area contributed by atoms with Gasteiger partial charge in [0.05, 0.1) is 12.2 Å².